The molecule has 0 N–H and O–H groups in total. The molecule has 4 nitrogen and oxygen atoms in total. The van der Waals surface area contributed by atoms with E-state index in [0.717, 1.165) is 19.3 Å². The van der Waals surface area contributed by atoms with Crippen molar-refractivity contribution in [3.8, 4) is 0 Å². The third kappa shape index (κ3) is 3.88. The number of azo groups is 1. The van der Waals surface area contributed by atoms with Crippen LogP contribution in [0.1, 0.15) is 32.1 Å². The predicted octanol–water partition coefficient (Wildman–Crippen LogP) is 3.37. The van der Waals surface area contributed by atoms with Gasteiger partial charge in [-0.1, -0.05) is 24.3 Å². The van der Waals surface area contributed by atoms with Crippen molar-refractivity contribution in [1.29, 1.82) is 0 Å². The minimum Gasteiger partial charge on any atom is -0.466 e. The first-order chi connectivity index (χ1) is 9.31. The Balaban J connectivity index is 1.60. The summed E-state index contributed by atoms with van der Waals surface area (Å²) in [6, 6.07) is 0.784. The van der Waals surface area contributed by atoms with E-state index in [1.54, 1.807) is 6.08 Å². The molecule has 0 aromatic carbocycles. The van der Waals surface area contributed by atoms with Gasteiger partial charge in [0.2, 0.25) is 0 Å². The third-order valence-electron chi connectivity index (χ3n) is 3.46. The van der Waals surface area contributed by atoms with Crippen LogP contribution < -0.4 is 0 Å². The van der Waals surface area contributed by atoms with Crippen molar-refractivity contribution in [2.45, 2.75) is 44.2 Å². The smallest absolute Gasteiger partial charge is 0.330 e. The minimum absolute atomic E-state index is 0.321. The summed E-state index contributed by atoms with van der Waals surface area (Å²) in [5.74, 6) is -0.321. The number of methoxy groups -OCH3 is 1. The Morgan fingerprint density at radius 3 is 2.63 bits per heavy atom. The first-order valence-electron chi connectivity index (χ1n) is 6.82. The Morgan fingerprint density at radius 2 is 2.00 bits per heavy atom. The van der Waals surface area contributed by atoms with E-state index < -0.39 is 0 Å². The number of carbonyl (C=O) groups excluding carboxylic acids is 1. The van der Waals surface area contributed by atoms with E-state index in [2.05, 4.69) is 27.1 Å². The summed E-state index contributed by atoms with van der Waals surface area (Å²) in [4.78, 5) is 10.8. The maximum Gasteiger partial charge on any atom is 0.330 e. The predicted molar refractivity (Wildman–Crippen MR) is 73.9 cm³/mol. The Morgan fingerprint density at radius 1 is 1.26 bits per heavy atom. The Kier molecular flexibility index (Phi) is 5.07. The topological polar surface area (TPSA) is 51.0 Å². The fourth-order valence-electron chi connectivity index (χ4n) is 2.43. The lowest BCUT2D eigenvalue weighted by molar-refractivity contribution is -0.134. The molecule has 1 aliphatic carbocycles. The third-order valence-corrected chi connectivity index (χ3v) is 3.46. The second-order valence-electron chi connectivity index (χ2n) is 4.79. The molecule has 1 fully saturated rings. The fraction of sp³-hybridized carbons (Fsp3) is 0.533. The van der Waals surface area contributed by atoms with Gasteiger partial charge in [-0.25, -0.2) is 4.79 Å². The van der Waals surface area contributed by atoms with Crippen molar-refractivity contribution in [1.82, 2.24) is 0 Å². The summed E-state index contributed by atoms with van der Waals surface area (Å²) in [5.41, 5.74) is 1.44. The second kappa shape index (κ2) is 7.02. The molecule has 0 radical (unpaired) electrons. The van der Waals surface area contributed by atoms with Gasteiger partial charge in [-0.15, -0.1) is 0 Å². The number of ether oxygens (including phenoxy) is 1. The Labute approximate surface area is 113 Å². The monoisotopic (exact) mass is 260 g/mol. The van der Waals surface area contributed by atoms with Crippen LogP contribution in [-0.2, 0) is 9.53 Å². The van der Waals surface area contributed by atoms with Crippen LogP contribution in [0.4, 0.5) is 0 Å². The molecule has 0 aromatic heterocycles. The van der Waals surface area contributed by atoms with Crippen molar-refractivity contribution in [3.05, 3.63) is 36.0 Å². The van der Waals surface area contributed by atoms with E-state index in [-0.39, 0.29) is 5.97 Å². The molecule has 2 bridgehead atoms. The highest BCUT2D eigenvalue weighted by Crippen LogP contribution is 2.36. The number of nitrogens with zero attached hydrogens (tertiary/aromatic N) is 2. The zero-order chi connectivity index (χ0) is 13.5. The molecule has 2 atom stereocenters. The number of hydrogen-bond donors (Lipinski definition) is 0. The summed E-state index contributed by atoms with van der Waals surface area (Å²) < 4.78 is 4.49. The summed E-state index contributed by atoms with van der Waals surface area (Å²) >= 11 is 0. The molecule has 1 saturated carbocycles. The van der Waals surface area contributed by atoms with Gasteiger partial charge in [0, 0.05) is 6.08 Å². The standard InChI is InChI=1S/C15H20N2O2/c1-19-15(18)9-7-5-3-2-4-6-8-12-13-10-11-14(12)17-16-13/h3,5,7-9,13-14H,2,4,6,10-11H2,1H3/b5-3+,9-7+,12-8?/t13-,14+. The first kappa shape index (κ1) is 13.7. The number of allylic oxidation sites excluding steroid dienone is 4. The van der Waals surface area contributed by atoms with Crippen LogP contribution >= 0.6 is 0 Å². The molecule has 1 aliphatic heterocycles. The fourth-order valence-corrected chi connectivity index (χ4v) is 2.43. The Hall–Kier alpha value is -1.71. The average Bonchev–Trinajstić information content (AvgIpc) is 3.01. The van der Waals surface area contributed by atoms with Crippen LogP contribution in [0.15, 0.2) is 46.2 Å². The highest BCUT2D eigenvalue weighted by molar-refractivity contribution is 5.82. The molecule has 0 saturated heterocycles. The van der Waals surface area contributed by atoms with Crippen molar-refractivity contribution < 1.29 is 9.53 Å². The lowest BCUT2D eigenvalue weighted by Gasteiger charge is -1.99. The zero-order valence-corrected chi connectivity index (χ0v) is 11.3. The van der Waals surface area contributed by atoms with Gasteiger partial charge in [0.25, 0.3) is 0 Å². The maximum atomic E-state index is 10.8. The number of fused-ring (bicyclic) bond motifs is 2. The Bertz CT molecular complexity index is 419. The van der Waals surface area contributed by atoms with Crippen LogP contribution in [0.5, 0.6) is 0 Å². The SMILES string of the molecule is COC(=O)/C=C/C=C/CCCC=C1[C@@H]2CC[C@H]1N=N2. The molecule has 102 valence electrons. The largest absolute Gasteiger partial charge is 0.466 e. The van der Waals surface area contributed by atoms with Gasteiger partial charge in [0.1, 0.15) is 0 Å². The summed E-state index contributed by atoms with van der Waals surface area (Å²) in [6.45, 7) is 0. The van der Waals surface area contributed by atoms with Crippen molar-refractivity contribution in [2.75, 3.05) is 7.11 Å². The minimum atomic E-state index is -0.321. The maximum absolute atomic E-state index is 10.8. The van der Waals surface area contributed by atoms with Gasteiger partial charge in [0.05, 0.1) is 19.2 Å². The van der Waals surface area contributed by atoms with Crippen LogP contribution in [0.25, 0.3) is 0 Å². The van der Waals surface area contributed by atoms with Crippen LogP contribution in [-0.4, -0.2) is 25.2 Å². The van der Waals surface area contributed by atoms with E-state index in [1.165, 1.54) is 31.6 Å². The average molecular weight is 260 g/mol. The molecule has 1 heterocycles. The summed E-state index contributed by atoms with van der Waals surface area (Å²) in [6.07, 6.45) is 15.0. The van der Waals surface area contributed by atoms with E-state index in [1.807, 2.05) is 6.08 Å². The van der Waals surface area contributed by atoms with Crippen molar-refractivity contribution in [3.63, 3.8) is 0 Å². The first-order valence-corrected chi connectivity index (χ1v) is 6.82. The molecule has 19 heavy (non-hydrogen) atoms. The van der Waals surface area contributed by atoms with E-state index in [9.17, 15) is 4.79 Å². The molecule has 0 unspecified atom stereocenters. The van der Waals surface area contributed by atoms with Gasteiger partial charge in [0.15, 0.2) is 0 Å². The quantitative estimate of drug-likeness (QED) is 0.242. The van der Waals surface area contributed by atoms with Crippen molar-refractivity contribution >= 4 is 5.97 Å². The molecule has 0 amide bonds. The molecule has 4 heteroatoms. The van der Waals surface area contributed by atoms with Gasteiger partial charge in [-0.3, -0.25) is 0 Å². The van der Waals surface area contributed by atoms with Crippen molar-refractivity contribution in [2.24, 2.45) is 10.2 Å². The summed E-state index contributed by atoms with van der Waals surface area (Å²) in [7, 11) is 1.37. The molecule has 0 aromatic rings. The highest BCUT2D eigenvalue weighted by atomic mass is 16.5. The van der Waals surface area contributed by atoms with Gasteiger partial charge in [-0.05, 0) is 37.7 Å². The number of carbonyl (C=O) groups is 1. The van der Waals surface area contributed by atoms with Crippen LogP contribution in [0, 0.1) is 0 Å². The van der Waals surface area contributed by atoms with Gasteiger partial charge < -0.3 is 4.74 Å². The number of unbranched alkanes of at least 4 members (excludes halogenated alkanes) is 2. The van der Waals surface area contributed by atoms with E-state index in [4.69, 9.17) is 0 Å². The second-order valence-corrected chi connectivity index (χ2v) is 4.79. The lowest BCUT2D eigenvalue weighted by Crippen LogP contribution is -1.98. The van der Waals surface area contributed by atoms with Gasteiger partial charge >= 0.3 is 5.97 Å². The normalized spacial score (nSPS) is 27.1. The molecule has 0 spiro atoms. The molecular formula is C15H20N2O2. The van der Waals surface area contributed by atoms with E-state index >= 15 is 0 Å². The number of rotatable bonds is 6. The van der Waals surface area contributed by atoms with E-state index in [0.29, 0.717) is 12.1 Å². The highest BCUT2D eigenvalue weighted by Gasteiger charge is 2.34. The lowest BCUT2D eigenvalue weighted by atomic mass is 10.1. The summed E-state index contributed by atoms with van der Waals surface area (Å²) in [5, 5.41) is 8.48. The molecule has 2 rings (SSSR count). The van der Waals surface area contributed by atoms with Crippen LogP contribution in [0.3, 0.4) is 0 Å². The number of esters is 1. The van der Waals surface area contributed by atoms with Crippen LogP contribution in [0.2, 0.25) is 0 Å². The van der Waals surface area contributed by atoms with Gasteiger partial charge in [-0.2, -0.15) is 10.2 Å². The molecule has 2 aliphatic rings. The molecular weight excluding hydrogens is 240 g/mol. The number of hydrogen-bond acceptors (Lipinski definition) is 4. The zero-order valence-electron chi connectivity index (χ0n) is 11.3.